The molecule has 0 aliphatic carbocycles. The third kappa shape index (κ3) is 21.0. The van der Waals surface area contributed by atoms with Gasteiger partial charge in [0.2, 0.25) is 0 Å². The van der Waals surface area contributed by atoms with Gasteiger partial charge in [0.15, 0.2) is 44.0 Å². The van der Waals surface area contributed by atoms with Crippen LogP contribution in [0.3, 0.4) is 0 Å². The first-order valence-corrected chi connectivity index (χ1v) is 35.5. The monoisotopic (exact) mass is 1540 g/mol. The van der Waals surface area contributed by atoms with Gasteiger partial charge < -0.3 is 188 Å². The summed E-state index contributed by atoms with van der Waals surface area (Å²) in [5.41, 5.74) is 0. The van der Waals surface area contributed by atoms with Crippen LogP contribution in [0, 0.1) is 5.92 Å². The number of likely N-dealkylation sites (N-methyl/N-ethyl adjacent to an activating group) is 1. The van der Waals surface area contributed by atoms with Gasteiger partial charge in [0.05, 0.1) is 77.6 Å². The molecule has 0 spiro atoms. The number of carboxylic acids is 2. The maximum atomic E-state index is 13.0. The van der Waals surface area contributed by atoms with Crippen LogP contribution in [-0.4, -0.2) is 441 Å². The van der Waals surface area contributed by atoms with E-state index in [0.717, 1.165) is 23.5 Å². The van der Waals surface area contributed by atoms with Crippen molar-refractivity contribution in [3.63, 3.8) is 0 Å². The van der Waals surface area contributed by atoms with Gasteiger partial charge in [-0.05, 0) is 14.0 Å². The van der Waals surface area contributed by atoms with Crippen LogP contribution in [0.1, 0.15) is 26.2 Å². The van der Waals surface area contributed by atoms with Gasteiger partial charge in [-0.1, -0.05) is 0 Å². The van der Waals surface area contributed by atoms with Gasteiger partial charge in [-0.2, -0.15) is 23.5 Å². The number of carboxylic acid groups (broad SMARTS) is 2. The Morgan fingerprint density at radius 3 is 0.845 bits per heavy atom. The smallest absolute Gasteiger partial charge is 0.321 e. The van der Waals surface area contributed by atoms with Crippen LogP contribution in [0.5, 0.6) is 0 Å². The van der Waals surface area contributed by atoms with Crippen LogP contribution in [0.4, 0.5) is 0 Å². The van der Waals surface area contributed by atoms with Crippen molar-refractivity contribution in [2.24, 2.45) is 5.92 Å². The molecule has 21 aliphatic rings. The van der Waals surface area contributed by atoms with Crippen molar-refractivity contribution in [3.05, 3.63) is 0 Å². The first-order valence-electron chi connectivity index (χ1n) is 33.2. The Morgan fingerprint density at radius 2 is 0.602 bits per heavy atom. The van der Waals surface area contributed by atoms with Crippen LogP contribution < -0.4 is 5.32 Å². The number of aliphatic hydroxyl groups is 19. The number of thioether (sulfide) groups is 2. The number of aliphatic hydroxyl groups excluding tert-OH is 19. The summed E-state index contributed by atoms with van der Waals surface area (Å²) in [6, 6.07) is -1.18. The average Bonchev–Trinajstić information content (AvgIpc) is 0.785. The third-order valence-corrected chi connectivity index (χ3v) is 20.9. The van der Waals surface area contributed by atoms with E-state index in [1.165, 1.54) is 14.0 Å². The fraction of sp³-hybridized carbons (Fsp3) is 0.932. The zero-order valence-electron chi connectivity index (χ0n) is 55.5. The Morgan fingerprint density at radius 1 is 0.350 bits per heavy atom. The van der Waals surface area contributed by atoms with E-state index < -0.39 is 290 Å². The highest BCUT2D eigenvalue weighted by atomic mass is 32.2. The number of nitrogens with one attached hydrogen (secondary N) is 1. The molecule has 44 heteroatoms. The summed E-state index contributed by atoms with van der Waals surface area (Å²) in [6.07, 6.45) is -73.1. The molecule has 103 heavy (non-hydrogen) atoms. The van der Waals surface area contributed by atoms with Gasteiger partial charge in [0, 0.05) is 42.3 Å². The number of rotatable bonds is 27. The van der Waals surface area contributed by atoms with Crippen molar-refractivity contribution >= 4 is 47.0 Å². The van der Waals surface area contributed by atoms with Gasteiger partial charge in [-0.15, -0.1) is 0 Å². The molecule has 21 rings (SSSR count). The van der Waals surface area contributed by atoms with Crippen molar-refractivity contribution in [2.45, 2.75) is 247 Å². The fourth-order valence-corrected chi connectivity index (χ4v) is 15.0. The zero-order chi connectivity index (χ0) is 75.4. The molecule has 21 aliphatic heterocycles. The number of carbonyl (C=O) groups is 4. The SMILES string of the molecule is CN[C@H](CSCC1O[C@H]2O[C@H]3C(CO)O[C@H](O[C@@H]4C(CO)O[C@H](O[C@@H]5C(CO)O[C@H](O[C@@H]6C(CSC[C@@H](CC(=O)CCOCCOCCC(C)=O)C(=O)O)O[C@H](O[C@@H]7C(CO)O[C@@H](O[C@@H]8C(CO)O[C@@H](O[C@H]1[C@H](O)C2O)C(O)[C@H]8O)C(O)[C@H]7O)C(O)[C@@H]6O)C(O)[C@H]5O)C(O)[C@H]4O)C(O)[C@H]3O)C(=O)O. The summed E-state index contributed by atoms with van der Waals surface area (Å²) in [4.78, 5) is 48.7. The highest BCUT2D eigenvalue weighted by Crippen LogP contribution is 2.40. The Hall–Kier alpha value is -2.46. The summed E-state index contributed by atoms with van der Waals surface area (Å²) >= 11 is 1.66. The van der Waals surface area contributed by atoms with Gasteiger partial charge in [-0.25, -0.2) is 0 Å². The van der Waals surface area contributed by atoms with E-state index in [4.69, 9.17) is 75.8 Å². The molecule has 21 heterocycles. The Labute approximate surface area is 595 Å². The second-order valence-corrected chi connectivity index (χ2v) is 27.9. The molecule has 22 N–H and O–H groups in total. The minimum Gasteiger partial charge on any atom is -0.481 e. The Bertz CT molecular complexity index is 2610. The van der Waals surface area contributed by atoms with Crippen LogP contribution >= 0.6 is 23.5 Å². The number of ether oxygens (including phenoxy) is 16. The zero-order valence-corrected chi connectivity index (χ0v) is 57.2. The predicted octanol–water partition coefficient (Wildman–Crippen LogP) is -13.0. The molecule has 0 radical (unpaired) electrons. The van der Waals surface area contributed by atoms with Gasteiger partial charge in [0.1, 0.15) is 176 Å². The molecule has 0 aromatic carbocycles. The molecule has 0 saturated carbocycles. The number of aliphatic carboxylic acids is 2. The van der Waals surface area contributed by atoms with Gasteiger partial charge in [0.25, 0.3) is 0 Å². The third-order valence-electron chi connectivity index (χ3n) is 18.6. The maximum Gasteiger partial charge on any atom is 0.321 e. The summed E-state index contributed by atoms with van der Waals surface area (Å²) < 4.78 is 93.3. The minimum absolute atomic E-state index is 0.0645. The Balaban J connectivity index is 1.08. The minimum atomic E-state index is -2.31. The summed E-state index contributed by atoms with van der Waals surface area (Å²) in [7, 11) is 1.35. The number of Topliss-reactive ketones (excluding diaryl/α,β-unsaturated/α-hetero) is 2. The predicted molar refractivity (Wildman–Crippen MR) is 332 cm³/mol. The van der Waals surface area contributed by atoms with Crippen molar-refractivity contribution < 1.29 is 202 Å². The molecule has 0 aromatic rings. The van der Waals surface area contributed by atoms with E-state index in [-0.39, 0.29) is 62.3 Å². The topological polar surface area (TPSA) is 653 Å². The summed E-state index contributed by atoms with van der Waals surface area (Å²) in [5.74, 6) is -6.08. The molecule has 37 atom stereocenters. The second kappa shape index (κ2) is 40.0. The van der Waals surface area contributed by atoms with E-state index in [9.17, 15) is 126 Å². The Kier molecular flexibility index (Phi) is 33.4. The molecule has 0 amide bonds. The lowest BCUT2D eigenvalue weighted by atomic mass is 9.95. The molecule has 596 valence electrons. The molecule has 14 unspecified atom stereocenters. The van der Waals surface area contributed by atoms with Gasteiger partial charge >= 0.3 is 11.9 Å². The second-order valence-electron chi connectivity index (χ2n) is 25.7. The average molecular weight is 1540 g/mol. The number of hydrogen-bond donors (Lipinski definition) is 22. The number of ketones is 2. The van der Waals surface area contributed by atoms with E-state index in [1.54, 1.807) is 0 Å². The maximum absolute atomic E-state index is 13.0. The van der Waals surface area contributed by atoms with Crippen molar-refractivity contribution in [1.82, 2.24) is 5.32 Å². The lowest BCUT2D eigenvalue weighted by molar-refractivity contribution is -0.395. The standard InChI is InChI=1S/C59H97NO41S2/c1-19(66)3-5-86-7-8-87-6-4-21(67)9-20(51(82)83)15-102-17-28-49-35(73)42(80)58(93-28)98-47-26(13-64)89-55(38(76)31(47)69)97-46-25(12-63)92-57(41(79)34(46)72)101-50-29(18-103-16-22(60-2)52(84)85)94-59(43(81)36(50)74)99-48-27(14-65)90-54(39(77)32(48)70)95-44-23(10-61)88-53(37(75)30(44)68)96-45-24(11-62)91-56(100-49)40(78)33(45)71/h20,22-50,53-65,68-81H,3-18H2,1-2H3,(H,82,83)(H,84,85)/t20-,22-,23?,24?,25?,26?,27?,28?,29?,30-,31-,32-,33-,34-,35+,36-,37?,38?,39?,40?,41?,42?,43?,44-,45-,46-,47-,48+,49-,50-,53-,54-,55+,56-,57+,58-,59+/m1/s1. The first-order chi connectivity index (χ1) is 49.0. The normalized spacial score (nSPS) is 44.9. The van der Waals surface area contributed by atoms with Crippen molar-refractivity contribution in [2.75, 3.05) is 89.5 Å². The first kappa shape index (κ1) is 86.1. The number of hydrogen-bond acceptors (Lipinski definition) is 42. The van der Waals surface area contributed by atoms with Crippen molar-refractivity contribution in [3.8, 4) is 0 Å². The molecule has 21 saturated heterocycles. The quantitative estimate of drug-likeness (QED) is 0.0340. The van der Waals surface area contributed by atoms with E-state index in [1.807, 2.05) is 0 Å². The number of carbonyl (C=O) groups excluding carboxylic acids is 2. The van der Waals surface area contributed by atoms with Crippen LogP contribution in [0.25, 0.3) is 0 Å². The van der Waals surface area contributed by atoms with E-state index in [2.05, 4.69) is 5.32 Å². The summed E-state index contributed by atoms with van der Waals surface area (Å²) in [6.45, 7) is -3.91. The molecule has 42 nitrogen and oxygen atoms in total. The van der Waals surface area contributed by atoms with Gasteiger partial charge in [-0.3, -0.25) is 19.2 Å². The highest BCUT2D eigenvalue weighted by Gasteiger charge is 2.60. The van der Waals surface area contributed by atoms with E-state index >= 15 is 0 Å². The van der Waals surface area contributed by atoms with Crippen LogP contribution in [0.2, 0.25) is 0 Å². The molecular formula is C59H97NO41S2. The summed E-state index contributed by atoms with van der Waals surface area (Å²) in [5, 5.41) is 239. The molecule has 21 fully saturated rings. The van der Waals surface area contributed by atoms with Crippen molar-refractivity contribution in [1.29, 1.82) is 0 Å². The lowest BCUT2D eigenvalue weighted by Crippen LogP contribution is -2.68. The lowest BCUT2D eigenvalue weighted by Gasteiger charge is -2.50. The van der Waals surface area contributed by atoms with Crippen LogP contribution in [0.15, 0.2) is 0 Å². The largest absolute Gasteiger partial charge is 0.481 e. The fourth-order valence-electron chi connectivity index (χ4n) is 12.6. The van der Waals surface area contributed by atoms with Crippen LogP contribution in [-0.2, 0) is 95.0 Å². The molecule has 0 aromatic heterocycles. The molecular weight excluding hydrogens is 1440 g/mol. The molecule has 14 bridgehead atoms. The highest BCUT2D eigenvalue weighted by molar-refractivity contribution is 7.99. The van der Waals surface area contributed by atoms with E-state index in [0.29, 0.717) is 0 Å².